The van der Waals surface area contributed by atoms with Gasteiger partial charge in [0, 0.05) is 18.3 Å². The molecule has 5 heteroatoms. The van der Waals surface area contributed by atoms with E-state index in [2.05, 4.69) is 22.4 Å². The summed E-state index contributed by atoms with van der Waals surface area (Å²) in [7, 11) is 0. The van der Waals surface area contributed by atoms with E-state index < -0.39 is 0 Å². The smallest absolute Gasteiger partial charge is 0.255 e. The van der Waals surface area contributed by atoms with Crippen molar-refractivity contribution < 1.29 is 4.79 Å². The summed E-state index contributed by atoms with van der Waals surface area (Å²) in [5.41, 5.74) is 7.82. The molecule has 0 saturated heterocycles. The predicted molar refractivity (Wildman–Crippen MR) is 67.9 cm³/mol. The molecule has 0 aromatic carbocycles. The molecule has 0 saturated carbocycles. The Morgan fingerprint density at radius 3 is 2.71 bits per heavy atom. The number of nitrogens with zero attached hydrogens (tertiary/aromatic N) is 1. The van der Waals surface area contributed by atoms with E-state index in [0.29, 0.717) is 12.1 Å². The quantitative estimate of drug-likeness (QED) is 0.698. The number of aromatic nitrogens is 2. The fraction of sp³-hybridized carbons (Fsp3) is 0.667. The normalized spacial score (nSPS) is 12.5. The van der Waals surface area contributed by atoms with Crippen LogP contribution in [0.4, 0.5) is 0 Å². The third kappa shape index (κ3) is 3.56. The SMILES string of the molecule is CCCCC(CN)NC(=O)c1c(C)n[nH]c1C. The van der Waals surface area contributed by atoms with Crippen LogP contribution in [0.1, 0.15) is 47.9 Å². The fourth-order valence-electron chi connectivity index (χ4n) is 1.84. The van der Waals surface area contributed by atoms with E-state index in [-0.39, 0.29) is 11.9 Å². The number of aromatic amines is 1. The van der Waals surface area contributed by atoms with E-state index in [0.717, 1.165) is 30.7 Å². The zero-order valence-corrected chi connectivity index (χ0v) is 10.8. The Labute approximate surface area is 102 Å². The van der Waals surface area contributed by atoms with Crippen LogP contribution in [0.3, 0.4) is 0 Å². The van der Waals surface area contributed by atoms with Crippen LogP contribution in [0.15, 0.2) is 0 Å². The van der Waals surface area contributed by atoms with Gasteiger partial charge in [-0.25, -0.2) is 0 Å². The van der Waals surface area contributed by atoms with E-state index in [1.807, 2.05) is 13.8 Å². The molecule has 0 bridgehead atoms. The van der Waals surface area contributed by atoms with Crippen LogP contribution in [0.2, 0.25) is 0 Å². The first-order valence-electron chi connectivity index (χ1n) is 6.12. The number of nitrogens with two attached hydrogens (primary N) is 1. The van der Waals surface area contributed by atoms with Crippen molar-refractivity contribution in [2.75, 3.05) is 6.54 Å². The highest BCUT2D eigenvalue weighted by atomic mass is 16.1. The molecule has 1 aromatic heterocycles. The first-order chi connectivity index (χ1) is 8.10. The van der Waals surface area contributed by atoms with Gasteiger partial charge in [0.25, 0.3) is 5.91 Å². The number of unbranched alkanes of at least 4 members (excludes halogenated alkanes) is 1. The molecule has 1 atom stereocenters. The highest BCUT2D eigenvalue weighted by Gasteiger charge is 2.17. The molecule has 0 radical (unpaired) electrons. The summed E-state index contributed by atoms with van der Waals surface area (Å²) in [6, 6.07) is 0.0520. The minimum atomic E-state index is -0.0831. The van der Waals surface area contributed by atoms with Crippen molar-refractivity contribution in [1.29, 1.82) is 0 Å². The zero-order valence-electron chi connectivity index (χ0n) is 10.8. The number of amides is 1. The lowest BCUT2D eigenvalue weighted by atomic mass is 10.1. The molecule has 17 heavy (non-hydrogen) atoms. The summed E-state index contributed by atoms with van der Waals surface area (Å²) < 4.78 is 0. The Hall–Kier alpha value is -1.36. The van der Waals surface area contributed by atoms with Gasteiger partial charge in [0.1, 0.15) is 0 Å². The van der Waals surface area contributed by atoms with Crippen molar-refractivity contribution >= 4 is 5.91 Å². The van der Waals surface area contributed by atoms with Gasteiger partial charge in [-0.2, -0.15) is 5.10 Å². The molecule has 5 nitrogen and oxygen atoms in total. The predicted octanol–water partition coefficient (Wildman–Crippen LogP) is 1.27. The van der Waals surface area contributed by atoms with Crippen LogP contribution in [0.25, 0.3) is 0 Å². The average Bonchev–Trinajstić information content (AvgIpc) is 2.64. The van der Waals surface area contributed by atoms with E-state index in [1.165, 1.54) is 0 Å². The molecule has 0 aliphatic heterocycles. The Bertz CT molecular complexity index is 353. The lowest BCUT2D eigenvalue weighted by Crippen LogP contribution is -2.40. The number of H-pyrrole nitrogens is 1. The Balaban J connectivity index is 2.64. The average molecular weight is 238 g/mol. The fourth-order valence-corrected chi connectivity index (χ4v) is 1.84. The largest absolute Gasteiger partial charge is 0.348 e. The van der Waals surface area contributed by atoms with Gasteiger partial charge >= 0.3 is 0 Å². The topological polar surface area (TPSA) is 83.8 Å². The van der Waals surface area contributed by atoms with Gasteiger partial charge in [0.15, 0.2) is 0 Å². The van der Waals surface area contributed by atoms with Gasteiger partial charge in [0.2, 0.25) is 0 Å². The third-order valence-corrected chi connectivity index (χ3v) is 2.88. The molecule has 0 fully saturated rings. The van der Waals surface area contributed by atoms with Gasteiger partial charge in [-0.3, -0.25) is 9.89 Å². The summed E-state index contributed by atoms with van der Waals surface area (Å²) in [6.07, 6.45) is 3.11. The zero-order chi connectivity index (χ0) is 12.8. The number of aryl methyl sites for hydroxylation is 2. The van der Waals surface area contributed by atoms with Crippen molar-refractivity contribution in [2.45, 2.75) is 46.1 Å². The van der Waals surface area contributed by atoms with Crippen LogP contribution >= 0.6 is 0 Å². The van der Waals surface area contributed by atoms with E-state index in [9.17, 15) is 4.79 Å². The van der Waals surface area contributed by atoms with E-state index in [1.54, 1.807) is 0 Å². The lowest BCUT2D eigenvalue weighted by molar-refractivity contribution is 0.0934. The Kier molecular flexibility index (Phi) is 5.15. The van der Waals surface area contributed by atoms with Crippen molar-refractivity contribution in [1.82, 2.24) is 15.5 Å². The molecule has 1 amide bonds. The van der Waals surface area contributed by atoms with Crippen LogP contribution in [-0.4, -0.2) is 28.7 Å². The van der Waals surface area contributed by atoms with Crippen LogP contribution in [0.5, 0.6) is 0 Å². The van der Waals surface area contributed by atoms with Crippen LogP contribution < -0.4 is 11.1 Å². The van der Waals surface area contributed by atoms with Crippen molar-refractivity contribution in [3.63, 3.8) is 0 Å². The summed E-state index contributed by atoms with van der Waals surface area (Å²) in [6.45, 7) is 6.27. The van der Waals surface area contributed by atoms with Gasteiger partial charge in [-0.05, 0) is 20.3 Å². The standard InChI is InChI=1S/C12H22N4O/c1-4-5-6-10(7-13)14-12(17)11-8(2)15-16-9(11)3/h10H,4-7,13H2,1-3H3,(H,14,17)(H,15,16). The number of hydrogen-bond acceptors (Lipinski definition) is 3. The molecular formula is C12H22N4O. The van der Waals surface area contributed by atoms with Crippen molar-refractivity contribution in [3.05, 3.63) is 17.0 Å². The second-order valence-corrected chi connectivity index (χ2v) is 4.36. The first kappa shape index (κ1) is 13.7. The molecule has 1 unspecified atom stereocenters. The number of carbonyl (C=O) groups is 1. The van der Waals surface area contributed by atoms with E-state index in [4.69, 9.17) is 5.73 Å². The molecule has 1 heterocycles. The van der Waals surface area contributed by atoms with Crippen LogP contribution in [0, 0.1) is 13.8 Å². The number of rotatable bonds is 6. The Morgan fingerprint density at radius 1 is 1.53 bits per heavy atom. The Morgan fingerprint density at radius 2 is 2.24 bits per heavy atom. The first-order valence-corrected chi connectivity index (χ1v) is 6.12. The van der Waals surface area contributed by atoms with E-state index >= 15 is 0 Å². The number of nitrogens with one attached hydrogen (secondary N) is 2. The van der Waals surface area contributed by atoms with Gasteiger partial charge in [0.05, 0.1) is 11.3 Å². The van der Waals surface area contributed by atoms with Gasteiger partial charge in [-0.15, -0.1) is 0 Å². The summed E-state index contributed by atoms with van der Waals surface area (Å²) >= 11 is 0. The molecular weight excluding hydrogens is 216 g/mol. The second-order valence-electron chi connectivity index (χ2n) is 4.36. The summed E-state index contributed by atoms with van der Waals surface area (Å²) in [5.74, 6) is -0.0831. The maximum atomic E-state index is 12.1. The minimum absolute atomic E-state index is 0.0520. The monoisotopic (exact) mass is 238 g/mol. The van der Waals surface area contributed by atoms with Gasteiger partial charge < -0.3 is 11.1 Å². The molecule has 1 aromatic rings. The number of carbonyl (C=O) groups excluding carboxylic acids is 1. The molecule has 0 aliphatic carbocycles. The lowest BCUT2D eigenvalue weighted by Gasteiger charge is -2.16. The van der Waals surface area contributed by atoms with Crippen molar-refractivity contribution in [3.8, 4) is 0 Å². The summed E-state index contributed by atoms with van der Waals surface area (Å²) in [5, 5.41) is 9.79. The molecule has 4 N–H and O–H groups in total. The maximum absolute atomic E-state index is 12.1. The molecule has 96 valence electrons. The molecule has 0 aliphatic rings. The molecule has 1 rings (SSSR count). The highest BCUT2D eigenvalue weighted by Crippen LogP contribution is 2.10. The van der Waals surface area contributed by atoms with Crippen LogP contribution in [-0.2, 0) is 0 Å². The van der Waals surface area contributed by atoms with Crippen molar-refractivity contribution in [2.24, 2.45) is 5.73 Å². The number of hydrogen-bond donors (Lipinski definition) is 3. The third-order valence-electron chi connectivity index (χ3n) is 2.88. The second kappa shape index (κ2) is 6.39. The minimum Gasteiger partial charge on any atom is -0.348 e. The summed E-state index contributed by atoms with van der Waals surface area (Å²) in [4.78, 5) is 12.1. The molecule has 0 spiro atoms. The maximum Gasteiger partial charge on any atom is 0.255 e. The highest BCUT2D eigenvalue weighted by molar-refractivity contribution is 5.96. The van der Waals surface area contributed by atoms with Gasteiger partial charge in [-0.1, -0.05) is 19.8 Å².